The van der Waals surface area contributed by atoms with Crippen LogP contribution in [0.3, 0.4) is 0 Å². The van der Waals surface area contributed by atoms with E-state index in [1.165, 1.54) is 12.1 Å². The van der Waals surface area contributed by atoms with Crippen molar-refractivity contribution in [2.45, 2.75) is 0 Å². The van der Waals surface area contributed by atoms with Crippen LogP contribution in [-0.2, 0) is 4.79 Å². The number of aliphatic carboxylic acids is 1. The quantitative estimate of drug-likeness (QED) is 0.653. The standard InChI is InChI=1S/C17H14O4/c18-16(17(19)20)14-8-10-15(11-9-14)21-12-4-7-13-5-2-1-3-6-13/h1-11H,12H2,(H,19,20)/b7-4+. The molecule has 2 aromatic rings. The molecule has 0 heterocycles. The second-order valence-corrected chi connectivity index (χ2v) is 4.28. The van der Waals surface area contributed by atoms with Gasteiger partial charge in [0.2, 0.25) is 0 Å². The average molecular weight is 282 g/mol. The maximum Gasteiger partial charge on any atom is 0.377 e. The first-order valence-corrected chi connectivity index (χ1v) is 6.39. The molecule has 4 heteroatoms. The van der Waals surface area contributed by atoms with Gasteiger partial charge < -0.3 is 9.84 Å². The van der Waals surface area contributed by atoms with Gasteiger partial charge in [-0.15, -0.1) is 0 Å². The Balaban J connectivity index is 1.88. The number of carbonyl (C=O) groups excluding carboxylic acids is 1. The summed E-state index contributed by atoms with van der Waals surface area (Å²) in [5, 5.41) is 8.60. The van der Waals surface area contributed by atoms with Gasteiger partial charge in [-0.1, -0.05) is 36.4 Å². The number of hydrogen-bond acceptors (Lipinski definition) is 3. The van der Waals surface area contributed by atoms with E-state index in [2.05, 4.69) is 0 Å². The van der Waals surface area contributed by atoms with Crippen molar-refractivity contribution in [3.05, 3.63) is 71.8 Å². The van der Waals surface area contributed by atoms with Crippen molar-refractivity contribution in [1.82, 2.24) is 0 Å². The third-order valence-electron chi connectivity index (χ3n) is 2.77. The molecule has 0 saturated carbocycles. The zero-order valence-electron chi connectivity index (χ0n) is 11.2. The van der Waals surface area contributed by atoms with Crippen LogP contribution in [0.4, 0.5) is 0 Å². The Labute approximate surface area is 122 Å². The molecule has 0 unspecified atom stereocenters. The summed E-state index contributed by atoms with van der Waals surface area (Å²) < 4.78 is 5.48. The fourth-order valence-corrected chi connectivity index (χ4v) is 1.72. The first-order valence-electron chi connectivity index (χ1n) is 6.39. The van der Waals surface area contributed by atoms with Crippen LogP contribution in [0.15, 0.2) is 60.7 Å². The molecule has 0 saturated heterocycles. The molecule has 4 nitrogen and oxygen atoms in total. The van der Waals surface area contributed by atoms with Gasteiger partial charge in [0.25, 0.3) is 5.78 Å². The molecule has 0 aliphatic rings. The lowest BCUT2D eigenvalue weighted by Gasteiger charge is -2.03. The highest BCUT2D eigenvalue weighted by atomic mass is 16.5. The van der Waals surface area contributed by atoms with Crippen LogP contribution in [0.1, 0.15) is 15.9 Å². The van der Waals surface area contributed by atoms with Gasteiger partial charge in [-0.25, -0.2) is 4.79 Å². The van der Waals surface area contributed by atoms with E-state index in [0.29, 0.717) is 12.4 Å². The van der Waals surface area contributed by atoms with Crippen molar-refractivity contribution in [1.29, 1.82) is 0 Å². The normalized spacial score (nSPS) is 10.5. The first-order chi connectivity index (χ1) is 10.2. The van der Waals surface area contributed by atoms with E-state index in [-0.39, 0.29) is 5.56 Å². The summed E-state index contributed by atoms with van der Waals surface area (Å²) in [5.41, 5.74) is 1.22. The third-order valence-corrected chi connectivity index (χ3v) is 2.77. The molecule has 0 amide bonds. The lowest BCUT2D eigenvalue weighted by molar-refractivity contribution is -0.131. The summed E-state index contributed by atoms with van der Waals surface area (Å²) in [6, 6.07) is 15.9. The first kappa shape index (κ1) is 14.5. The summed E-state index contributed by atoms with van der Waals surface area (Å²) in [7, 11) is 0. The van der Waals surface area contributed by atoms with Gasteiger partial charge in [-0.2, -0.15) is 0 Å². The number of benzene rings is 2. The second-order valence-electron chi connectivity index (χ2n) is 4.28. The number of carboxylic acids is 1. The predicted molar refractivity (Wildman–Crippen MR) is 79.4 cm³/mol. The van der Waals surface area contributed by atoms with E-state index in [4.69, 9.17) is 9.84 Å². The summed E-state index contributed by atoms with van der Waals surface area (Å²) in [4.78, 5) is 21.8. The van der Waals surface area contributed by atoms with E-state index in [1.54, 1.807) is 12.1 Å². The highest BCUT2D eigenvalue weighted by Crippen LogP contribution is 2.13. The van der Waals surface area contributed by atoms with Crippen LogP contribution in [-0.4, -0.2) is 23.5 Å². The van der Waals surface area contributed by atoms with E-state index >= 15 is 0 Å². The molecule has 2 aromatic carbocycles. The number of ether oxygens (including phenoxy) is 1. The van der Waals surface area contributed by atoms with Gasteiger partial charge in [-0.3, -0.25) is 4.79 Å². The van der Waals surface area contributed by atoms with Crippen LogP contribution >= 0.6 is 0 Å². The van der Waals surface area contributed by atoms with Gasteiger partial charge in [0.05, 0.1) is 0 Å². The van der Waals surface area contributed by atoms with E-state index in [1.807, 2.05) is 42.5 Å². The maximum absolute atomic E-state index is 11.2. The molecule has 106 valence electrons. The van der Waals surface area contributed by atoms with E-state index in [9.17, 15) is 9.59 Å². The molecule has 0 bridgehead atoms. The summed E-state index contributed by atoms with van der Waals surface area (Å²) in [6.07, 6.45) is 3.83. The number of Topliss-reactive ketones (excluding diaryl/α,β-unsaturated/α-hetero) is 1. The lowest BCUT2D eigenvalue weighted by Crippen LogP contribution is -2.12. The minimum Gasteiger partial charge on any atom is -0.490 e. The molecule has 0 radical (unpaired) electrons. The molecular formula is C17H14O4. The van der Waals surface area contributed by atoms with Gasteiger partial charge >= 0.3 is 5.97 Å². The van der Waals surface area contributed by atoms with Crippen molar-refractivity contribution < 1.29 is 19.4 Å². The van der Waals surface area contributed by atoms with Crippen LogP contribution in [0.25, 0.3) is 6.08 Å². The highest BCUT2D eigenvalue weighted by Gasteiger charge is 2.13. The predicted octanol–water partition coefficient (Wildman–Crippen LogP) is 3.05. The molecule has 2 rings (SSSR count). The smallest absolute Gasteiger partial charge is 0.377 e. The van der Waals surface area contributed by atoms with Gasteiger partial charge in [0.15, 0.2) is 0 Å². The van der Waals surface area contributed by atoms with Crippen LogP contribution in [0, 0.1) is 0 Å². The fourth-order valence-electron chi connectivity index (χ4n) is 1.72. The van der Waals surface area contributed by atoms with Crippen molar-refractivity contribution >= 4 is 17.8 Å². The minimum absolute atomic E-state index is 0.134. The number of carbonyl (C=O) groups is 2. The Hall–Kier alpha value is -2.88. The number of ketones is 1. The SMILES string of the molecule is O=C(O)C(=O)c1ccc(OC/C=C/c2ccccc2)cc1. The number of rotatable bonds is 6. The number of hydrogen-bond donors (Lipinski definition) is 1. The van der Waals surface area contributed by atoms with Crippen molar-refractivity contribution in [3.8, 4) is 5.75 Å². The van der Waals surface area contributed by atoms with Crippen LogP contribution in [0.2, 0.25) is 0 Å². The molecule has 0 fully saturated rings. The van der Waals surface area contributed by atoms with Crippen LogP contribution < -0.4 is 4.74 Å². The molecule has 0 spiro atoms. The molecule has 0 atom stereocenters. The van der Waals surface area contributed by atoms with Gasteiger partial charge in [0.1, 0.15) is 12.4 Å². The molecular weight excluding hydrogens is 268 g/mol. The van der Waals surface area contributed by atoms with Crippen molar-refractivity contribution in [2.75, 3.05) is 6.61 Å². The van der Waals surface area contributed by atoms with Gasteiger partial charge in [0, 0.05) is 5.56 Å². The fraction of sp³-hybridized carbons (Fsp3) is 0.0588. The second kappa shape index (κ2) is 7.05. The van der Waals surface area contributed by atoms with E-state index in [0.717, 1.165) is 5.56 Å². The molecule has 0 aliphatic heterocycles. The third kappa shape index (κ3) is 4.31. The Morgan fingerprint density at radius 2 is 1.67 bits per heavy atom. The highest BCUT2D eigenvalue weighted by molar-refractivity contribution is 6.39. The average Bonchev–Trinajstić information content (AvgIpc) is 2.52. The van der Waals surface area contributed by atoms with Crippen molar-refractivity contribution in [3.63, 3.8) is 0 Å². The zero-order valence-corrected chi connectivity index (χ0v) is 11.2. The monoisotopic (exact) mass is 282 g/mol. The van der Waals surface area contributed by atoms with E-state index < -0.39 is 11.8 Å². The van der Waals surface area contributed by atoms with Crippen LogP contribution in [0.5, 0.6) is 5.75 Å². The number of carboxylic acid groups (broad SMARTS) is 1. The topological polar surface area (TPSA) is 63.6 Å². The Kier molecular flexibility index (Phi) is 4.88. The molecule has 0 aliphatic carbocycles. The summed E-state index contributed by atoms with van der Waals surface area (Å²) >= 11 is 0. The summed E-state index contributed by atoms with van der Waals surface area (Å²) in [5.74, 6) is -1.81. The minimum atomic E-state index is -1.46. The largest absolute Gasteiger partial charge is 0.490 e. The molecule has 0 aromatic heterocycles. The summed E-state index contributed by atoms with van der Waals surface area (Å²) in [6.45, 7) is 0.390. The zero-order chi connectivity index (χ0) is 15.1. The lowest BCUT2D eigenvalue weighted by atomic mass is 10.1. The maximum atomic E-state index is 11.2. The molecule has 21 heavy (non-hydrogen) atoms. The Bertz CT molecular complexity index is 642. The Morgan fingerprint density at radius 3 is 2.29 bits per heavy atom. The Morgan fingerprint density at radius 1 is 1.00 bits per heavy atom. The van der Waals surface area contributed by atoms with Crippen molar-refractivity contribution in [2.24, 2.45) is 0 Å². The molecule has 1 N–H and O–H groups in total. The van der Waals surface area contributed by atoms with Gasteiger partial charge in [-0.05, 0) is 35.9 Å².